The highest BCUT2D eigenvalue weighted by Gasteiger charge is 2.18. The average Bonchev–Trinajstić information content (AvgIpc) is 2.58. The van der Waals surface area contributed by atoms with Gasteiger partial charge in [0.15, 0.2) is 0 Å². The Hall–Kier alpha value is -2.88. The van der Waals surface area contributed by atoms with Gasteiger partial charge in [-0.3, -0.25) is 4.79 Å². The molecule has 0 radical (unpaired) electrons. The average molecular weight is 335 g/mol. The number of aryl methyl sites for hydroxylation is 2. The molecule has 25 heavy (non-hydrogen) atoms. The minimum Gasteiger partial charge on any atom is -0.462 e. The van der Waals surface area contributed by atoms with Crippen molar-refractivity contribution in [1.82, 2.24) is 4.57 Å². The minimum absolute atomic E-state index is 0.0790. The summed E-state index contributed by atoms with van der Waals surface area (Å²) in [4.78, 5) is 25.3. The van der Waals surface area contributed by atoms with Gasteiger partial charge in [-0.15, -0.1) is 0 Å². The van der Waals surface area contributed by atoms with Gasteiger partial charge in [0, 0.05) is 0 Å². The van der Waals surface area contributed by atoms with Gasteiger partial charge in [-0.25, -0.2) is 4.79 Å². The molecule has 3 aromatic rings. The summed E-state index contributed by atoms with van der Waals surface area (Å²) in [6.07, 6.45) is 0. The number of hydrogen-bond donors (Lipinski definition) is 0. The van der Waals surface area contributed by atoms with Gasteiger partial charge in [0.2, 0.25) is 0 Å². The zero-order chi connectivity index (χ0) is 18.0. The summed E-state index contributed by atoms with van der Waals surface area (Å²) in [6, 6.07) is 15.5. The van der Waals surface area contributed by atoms with Crippen molar-refractivity contribution in [3.63, 3.8) is 0 Å². The third kappa shape index (κ3) is 3.33. The Morgan fingerprint density at radius 2 is 1.80 bits per heavy atom. The van der Waals surface area contributed by atoms with Crippen molar-refractivity contribution in [3.8, 4) is 0 Å². The summed E-state index contributed by atoms with van der Waals surface area (Å²) in [5.41, 5.74) is 3.72. The summed E-state index contributed by atoms with van der Waals surface area (Å²) >= 11 is 0. The maximum absolute atomic E-state index is 13.0. The van der Waals surface area contributed by atoms with Crippen molar-refractivity contribution < 1.29 is 9.53 Å². The number of fused-ring (bicyclic) bond motifs is 1. The third-order valence-corrected chi connectivity index (χ3v) is 4.20. The number of carbonyl (C=O) groups is 1. The molecule has 0 aliphatic rings. The van der Waals surface area contributed by atoms with E-state index in [1.165, 1.54) is 0 Å². The van der Waals surface area contributed by atoms with Gasteiger partial charge in [-0.1, -0.05) is 42.0 Å². The van der Waals surface area contributed by atoms with E-state index in [0.29, 0.717) is 6.54 Å². The van der Waals surface area contributed by atoms with Crippen molar-refractivity contribution >= 4 is 16.9 Å². The second-order valence-electron chi connectivity index (χ2n) is 6.18. The first-order valence-electron chi connectivity index (χ1n) is 8.37. The molecule has 4 heteroatoms. The lowest BCUT2D eigenvalue weighted by molar-refractivity contribution is 0.0524. The number of benzene rings is 2. The highest BCUT2D eigenvalue weighted by Crippen LogP contribution is 2.21. The number of carbonyl (C=O) groups excluding carboxylic acids is 1. The number of aromatic nitrogens is 1. The Kier molecular flexibility index (Phi) is 4.70. The summed E-state index contributed by atoms with van der Waals surface area (Å²) in [6.45, 7) is 6.37. The minimum atomic E-state index is -0.574. The van der Waals surface area contributed by atoms with E-state index in [-0.39, 0.29) is 17.7 Å². The number of pyridine rings is 1. The van der Waals surface area contributed by atoms with Gasteiger partial charge < -0.3 is 9.30 Å². The monoisotopic (exact) mass is 335 g/mol. The van der Waals surface area contributed by atoms with E-state index in [1.54, 1.807) is 17.6 Å². The second-order valence-corrected chi connectivity index (χ2v) is 6.18. The van der Waals surface area contributed by atoms with Crippen LogP contribution in [0.4, 0.5) is 0 Å². The van der Waals surface area contributed by atoms with E-state index in [0.717, 1.165) is 27.6 Å². The Balaban J connectivity index is 2.29. The number of rotatable bonds is 4. The fourth-order valence-corrected chi connectivity index (χ4v) is 3.21. The highest BCUT2D eigenvalue weighted by atomic mass is 16.5. The molecule has 1 heterocycles. The van der Waals surface area contributed by atoms with E-state index in [4.69, 9.17) is 4.74 Å². The van der Waals surface area contributed by atoms with Gasteiger partial charge in [0.1, 0.15) is 5.56 Å². The van der Waals surface area contributed by atoms with Gasteiger partial charge >= 0.3 is 5.97 Å². The molecular formula is C21H21NO3. The molecule has 0 N–H and O–H groups in total. The molecule has 3 rings (SSSR count). The fraction of sp³-hybridized carbons (Fsp3) is 0.238. The normalized spacial score (nSPS) is 10.8. The van der Waals surface area contributed by atoms with Crippen LogP contribution in [0.15, 0.2) is 53.3 Å². The molecule has 0 amide bonds. The van der Waals surface area contributed by atoms with Crippen molar-refractivity contribution in [3.05, 3.63) is 81.1 Å². The van der Waals surface area contributed by atoms with Crippen LogP contribution in [0.3, 0.4) is 0 Å². The van der Waals surface area contributed by atoms with E-state index in [9.17, 15) is 9.59 Å². The van der Waals surface area contributed by atoms with Crippen molar-refractivity contribution in [1.29, 1.82) is 0 Å². The van der Waals surface area contributed by atoms with Crippen LogP contribution in [-0.2, 0) is 11.3 Å². The van der Waals surface area contributed by atoms with Gasteiger partial charge in [-0.2, -0.15) is 0 Å². The van der Waals surface area contributed by atoms with Crippen LogP contribution in [0.1, 0.15) is 34.0 Å². The molecule has 1 aromatic heterocycles. The summed E-state index contributed by atoms with van der Waals surface area (Å²) in [7, 11) is 0. The SMILES string of the molecule is CCOC(=O)c1cc2cc(C)cc(C)c2n(Cc2ccccc2)c1=O. The first-order valence-corrected chi connectivity index (χ1v) is 8.37. The summed E-state index contributed by atoms with van der Waals surface area (Å²) in [5, 5.41) is 0.871. The summed E-state index contributed by atoms with van der Waals surface area (Å²) in [5.74, 6) is -0.574. The first-order chi connectivity index (χ1) is 12.0. The quantitative estimate of drug-likeness (QED) is 0.681. The Labute approximate surface area is 146 Å². The van der Waals surface area contributed by atoms with Crippen LogP contribution in [0.5, 0.6) is 0 Å². The van der Waals surface area contributed by atoms with Gasteiger partial charge in [0.25, 0.3) is 5.56 Å². The second kappa shape index (κ2) is 6.93. The Bertz CT molecular complexity index is 987. The van der Waals surface area contributed by atoms with E-state index in [2.05, 4.69) is 0 Å². The molecule has 128 valence electrons. The van der Waals surface area contributed by atoms with Gasteiger partial charge in [-0.05, 0) is 49.4 Å². The molecule has 0 bridgehead atoms. The zero-order valence-electron chi connectivity index (χ0n) is 14.7. The van der Waals surface area contributed by atoms with Crippen molar-refractivity contribution in [2.75, 3.05) is 6.61 Å². The molecule has 2 aromatic carbocycles. The molecule has 0 aliphatic carbocycles. The predicted molar refractivity (Wildman–Crippen MR) is 99.2 cm³/mol. The molecule has 0 atom stereocenters. The number of ether oxygens (including phenoxy) is 1. The van der Waals surface area contributed by atoms with Crippen LogP contribution in [0, 0.1) is 13.8 Å². The molecule has 0 spiro atoms. The lowest BCUT2D eigenvalue weighted by Crippen LogP contribution is -2.28. The lowest BCUT2D eigenvalue weighted by Gasteiger charge is -2.15. The third-order valence-electron chi connectivity index (χ3n) is 4.20. The topological polar surface area (TPSA) is 48.3 Å². The molecular weight excluding hydrogens is 314 g/mol. The molecule has 0 aliphatic heterocycles. The molecule has 0 saturated heterocycles. The standard InChI is InChI=1S/C21H21NO3/c1-4-25-21(24)18-12-17-11-14(2)10-15(3)19(17)22(20(18)23)13-16-8-6-5-7-9-16/h5-12H,4,13H2,1-3H3. The smallest absolute Gasteiger partial charge is 0.343 e. The van der Waals surface area contributed by atoms with E-state index in [1.807, 2.05) is 56.3 Å². The van der Waals surface area contributed by atoms with Gasteiger partial charge in [0.05, 0.1) is 18.7 Å². The highest BCUT2D eigenvalue weighted by molar-refractivity contribution is 5.94. The van der Waals surface area contributed by atoms with Crippen LogP contribution in [0.2, 0.25) is 0 Å². The maximum atomic E-state index is 13.0. The Morgan fingerprint density at radius 1 is 1.08 bits per heavy atom. The Morgan fingerprint density at radius 3 is 2.48 bits per heavy atom. The fourth-order valence-electron chi connectivity index (χ4n) is 3.21. The van der Waals surface area contributed by atoms with Crippen LogP contribution >= 0.6 is 0 Å². The van der Waals surface area contributed by atoms with E-state index >= 15 is 0 Å². The largest absolute Gasteiger partial charge is 0.462 e. The molecule has 0 saturated carbocycles. The van der Waals surface area contributed by atoms with Crippen molar-refractivity contribution in [2.45, 2.75) is 27.3 Å². The molecule has 4 nitrogen and oxygen atoms in total. The van der Waals surface area contributed by atoms with Crippen LogP contribution in [-0.4, -0.2) is 17.1 Å². The zero-order valence-corrected chi connectivity index (χ0v) is 14.7. The lowest BCUT2D eigenvalue weighted by atomic mass is 10.0. The summed E-state index contributed by atoms with van der Waals surface area (Å²) < 4.78 is 6.74. The molecule has 0 fully saturated rings. The van der Waals surface area contributed by atoms with Crippen LogP contribution < -0.4 is 5.56 Å². The number of esters is 1. The van der Waals surface area contributed by atoms with Crippen LogP contribution in [0.25, 0.3) is 10.9 Å². The number of nitrogens with zero attached hydrogens (tertiary/aromatic N) is 1. The number of hydrogen-bond acceptors (Lipinski definition) is 3. The predicted octanol–water partition coefficient (Wildman–Crippen LogP) is 3.84. The molecule has 0 unspecified atom stereocenters. The van der Waals surface area contributed by atoms with Crippen molar-refractivity contribution in [2.24, 2.45) is 0 Å². The van der Waals surface area contributed by atoms with E-state index < -0.39 is 5.97 Å². The first kappa shape index (κ1) is 17.0. The maximum Gasteiger partial charge on any atom is 0.343 e.